The topological polar surface area (TPSA) is 209 Å². The van der Waals surface area contributed by atoms with E-state index >= 15 is 0 Å². The van der Waals surface area contributed by atoms with Crippen molar-refractivity contribution in [2.24, 2.45) is 0 Å². The maximum absolute atomic E-state index is 13.3. The lowest BCUT2D eigenvalue weighted by Crippen LogP contribution is -2.48. The van der Waals surface area contributed by atoms with Crippen molar-refractivity contribution in [3.8, 4) is 5.75 Å². The quantitative estimate of drug-likeness (QED) is 0.0657. The van der Waals surface area contributed by atoms with E-state index < -0.39 is 64.8 Å². The number of benzene rings is 1. The second kappa shape index (κ2) is 24.5. The van der Waals surface area contributed by atoms with Gasteiger partial charge in [0.2, 0.25) is 11.0 Å². The van der Waals surface area contributed by atoms with Gasteiger partial charge in [0.1, 0.15) is 46.8 Å². The average Bonchev–Trinajstić information content (AvgIpc) is 3.04. The molecule has 0 saturated heterocycles. The van der Waals surface area contributed by atoms with Crippen molar-refractivity contribution in [1.29, 1.82) is 0 Å². The van der Waals surface area contributed by atoms with Gasteiger partial charge in [0, 0.05) is 18.8 Å². The molecule has 17 heteroatoms. The molecule has 0 fully saturated rings. The van der Waals surface area contributed by atoms with Gasteiger partial charge in [-0.1, -0.05) is 23.9 Å². The molecule has 0 aromatic heterocycles. The highest BCUT2D eigenvalue weighted by Gasteiger charge is 2.26. The predicted octanol–water partition coefficient (Wildman–Crippen LogP) is 7.12. The Hall–Kier alpha value is -4.41. The van der Waals surface area contributed by atoms with Gasteiger partial charge in [-0.2, -0.15) is 0 Å². The van der Waals surface area contributed by atoms with Crippen LogP contribution in [0.15, 0.2) is 24.3 Å². The van der Waals surface area contributed by atoms with Crippen LogP contribution in [0.25, 0.3) is 0 Å². The summed E-state index contributed by atoms with van der Waals surface area (Å²) in [7, 11) is 0. The molecule has 330 valence electrons. The molecular formula is C41H69N5O11S. The molecule has 58 heavy (non-hydrogen) atoms. The number of unbranched alkanes of at least 4 members (excludes halogenated alkanes) is 2. The molecule has 0 heterocycles. The van der Waals surface area contributed by atoms with E-state index in [1.807, 2.05) is 12.1 Å². The third-order valence-corrected chi connectivity index (χ3v) is 8.18. The van der Waals surface area contributed by atoms with Gasteiger partial charge < -0.3 is 50.3 Å². The number of hydrogen-bond donors (Lipinski definition) is 5. The van der Waals surface area contributed by atoms with Gasteiger partial charge in [-0.15, -0.1) is 0 Å². The van der Waals surface area contributed by atoms with E-state index in [9.17, 15) is 28.8 Å². The van der Waals surface area contributed by atoms with Crippen LogP contribution >= 0.6 is 11.8 Å². The number of rotatable bonds is 20. The molecule has 0 radical (unpaired) electrons. The van der Waals surface area contributed by atoms with E-state index in [-0.39, 0.29) is 18.3 Å². The molecular weight excluding hydrogens is 771 g/mol. The highest BCUT2D eigenvalue weighted by Crippen LogP contribution is 2.21. The summed E-state index contributed by atoms with van der Waals surface area (Å²) in [5.74, 6) is 0.508. The third-order valence-electron chi connectivity index (χ3n) is 7.13. The lowest BCUT2D eigenvalue weighted by Gasteiger charge is -2.23. The van der Waals surface area contributed by atoms with Gasteiger partial charge in [-0.05, 0) is 139 Å². The molecule has 2 atom stereocenters. The van der Waals surface area contributed by atoms with Crippen LogP contribution in [0.3, 0.4) is 0 Å². The van der Waals surface area contributed by atoms with Crippen molar-refractivity contribution < 1.29 is 52.5 Å². The van der Waals surface area contributed by atoms with E-state index in [0.29, 0.717) is 63.1 Å². The average molecular weight is 840 g/mol. The first kappa shape index (κ1) is 51.6. The minimum atomic E-state index is -0.865. The fourth-order valence-electron chi connectivity index (χ4n) is 4.78. The maximum Gasteiger partial charge on any atom is 0.408 e. The zero-order valence-corrected chi connectivity index (χ0v) is 37.5. The van der Waals surface area contributed by atoms with Crippen LogP contribution in [0.5, 0.6) is 5.75 Å². The van der Waals surface area contributed by atoms with E-state index in [4.69, 9.17) is 23.7 Å². The van der Waals surface area contributed by atoms with Crippen LogP contribution in [0.1, 0.15) is 127 Å². The Morgan fingerprint density at radius 2 is 0.948 bits per heavy atom. The summed E-state index contributed by atoms with van der Waals surface area (Å²) < 4.78 is 27.0. The van der Waals surface area contributed by atoms with E-state index in [1.165, 1.54) is 0 Å². The molecule has 0 unspecified atom stereocenters. The lowest BCUT2D eigenvalue weighted by molar-refractivity contribution is -0.123. The Morgan fingerprint density at radius 3 is 1.40 bits per heavy atom. The van der Waals surface area contributed by atoms with Crippen LogP contribution in [-0.4, -0.2) is 96.1 Å². The molecule has 0 aliphatic rings. The van der Waals surface area contributed by atoms with Gasteiger partial charge >= 0.3 is 24.4 Å². The number of nitrogens with one attached hydrogen (secondary N) is 5. The van der Waals surface area contributed by atoms with Gasteiger partial charge in [-0.25, -0.2) is 19.2 Å². The van der Waals surface area contributed by atoms with Crippen LogP contribution in [0, 0.1) is 0 Å². The highest BCUT2D eigenvalue weighted by atomic mass is 32.2. The molecule has 0 saturated carbocycles. The Bertz CT molecular complexity index is 1460. The van der Waals surface area contributed by atoms with E-state index in [1.54, 1.807) is 95.2 Å². The molecule has 1 aromatic carbocycles. The Kier molecular flexibility index (Phi) is 21.8. The molecule has 5 amide bonds. The summed E-state index contributed by atoms with van der Waals surface area (Å²) in [4.78, 5) is 75.2. The van der Waals surface area contributed by atoms with Crippen molar-refractivity contribution in [3.63, 3.8) is 0 Å². The summed E-state index contributed by atoms with van der Waals surface area (Å²) in [6, 6.07) is 5.51. The van der Waals surface area contributed by atoms with Crippen LogP contribution in [-0.2, 0) is 34.3 Å². The zero-order chi connectivity index (χ0) is 44.2. The minimum absolute atomic E-state index is 0.155. The fraction of sp³-hybridized carbons (Fsp3) is 0.707. The number of alkyl carbamates (subject to hydrolysis) is 4. The second-order valence-electron chi connectivity index (χ2n) is 17.6. The first-order valence-electron chi connectivity index (χ1n) is 19.8. The summed E-state index contributed by atoms with van der Waals surface area (Å²) >= 11 is 1.07. The molecule has 0 spiro atoms. The molecule has 16 nitrogen and oxygen atoms in total. The normalized spacial score (nSPS) is 12.9. The second-order valence-corrected chi connectivity index (χ2v) is 18.6. The monoisotopic (exact) mass is 839 g/mol. The van der Waals surface area contributed by atoms with Gasteiger partial charge in [0.25, 0.3) is 0 Å². The zero-order valence-electron chi connectivity index (χ0n) is 36.6. The van der Waals surface area contributed by atoms with Crippen LogP contribution < -0.4 is 31.3 Å². The van der Waals surface area contributed by atoms with Gasteiger partial charge in [0.05, 0.1) is 6.54 Å². The number of carbonyl (C=O) groups is 6. The molecule has 1 aromatic rings. The van der Waals surface area contributed by atoms with Crippen molar-refractivity contribution in [2.75, 3.05) is 26.2 Å². The van der Waals surface area contributed by atoms with Crippen molar-refractivity contribution >= 4 is 47.2 Å². The summed E-state index contributed by atoms with van der Waals surface area (Å²) in [5.41, 5.74) is -1.84. The molecule has 5 N–H and O–H groups in total. The van der Waals surface area contributed by atoms with Crippen molar-refractivity contribution in [2.45, 2.75) is 162 Å². The Labute approximate surface area is 349 Å². The number of hydrogen-bond acceptors (Lipinski definition) is 12. The van der Waals surface area contributed by atoms with Gasteiger partial charge in [-0.3, -0.25) is 9.59 Å². The first-order valence-corrected chi connectivity index (χ1v) is 20.8. The molecule has 1 rings (SSSR count). The smallest absolute Gasteiger partial charge is 0.408 e. The van der Waals surface area contributed by atoms with E-state index in [2.05, 4.69) is 26.6 Å². The van der Waals surface area contributed by atoms with Crippen molar-refractivity contribution in [3.05, 3.63) is 29.8 Å². The third kappa shape index (κ3) is 27.3. The Morgan fingerprint density at radius 1 is 0.534 bits per heavy atom. The van der Waals surface area contributed by atoms with Gasteiger partial charge in [0.15, 0.2) is 0 Å². The van der Waals surface area contributed by atoms with Crippen LogP contribution in [0.4, 0.5) is 19.2 Å². The SMILES string of the molecule is CC(C)(C)OC(=O)NCCCC[C@H](NC(=O)OC(C)(C)C)C(=O)SCc1ccc(OCCNC(=O)[C@@H](CCCCNC(=O)OC(C)(C)C)NC(=O)OC(C)(C)C)cc1. The summed E-state index contributed by atoms with van der Waals surface area (Å²) in [6.45, 7) is 22.1. The lowest BCUT2D eigenvalue weighted by atomic mass is 10.1. The predicted molar refractivity (Wildman–Crippen MR) is 224 cm³/mol. The molecule has 0 bridgehead atoms. The number of carbonyl (C=O) groups excluding carboxylic acids is 6. The van der Waals surface area contributed by atoms with E-state index in [0.717, 1.165) is 17.3 Å². The standard InChI is InChI=1S/C41H69N5O11S/c1-38(2,3)54-34(49)43-23-15-13-17-30(45-36(51)56-40(7,8)9)32(47)42-25-26-53-29-21-19-28(20-22-29)27-58-33(48)31(46-37(52)57-41(10,11)12)18-14-16-24-44-35(50)55-39(4,5)6/h19-22,30-31H,13-18,23-27H2,1-12H3,(H,42,47)(H,43,49)(H,44,50)(H,45,51)(H,46,52)/t30-,31+/m1/s1. The molecule has 0 aliphatic heterocycles. The number of ether oxygens (including phenoxy) is 5. The van der Waals surface area contributed by atoms with Crippen molar-refractivity contribution in [1.82, 2.24) is 26.6 Å². The molecule has 0 aliphatic carbocycles. The first-order chi connectivity index (χ1) is 26.7. The number of amides is 5. The largest absolute Gasteiger partial charge is 0.492 e. The number of thioether (sulfide) groups is 1. The minimum Gasteiger partial charge on any atom is -0.492 e. The Balaban J connectivity index is 2.66. The maximum atomic E-state index is 13.3. The highest BCUT2D eigenvalue weighted by molar-refractivity contribution is 8.13. The summed E-state index contributed by atoms with van der Waals surface area (Å²) in [6.07, 6.45) is 0.471. The summed E-state index contributed by atoms with van der Waals surface area (Å²) in [5, 5.41) is 13.3. The fourth-order valence-corrected chi connectivity index (χ4v) is 5.66. The van der Waals surface area contributed by atoms with Crippen LogP contribution in [0.2, 0.25) is 0 Å².